The average Bonchev–Trinajstić information content (AvgIpc) is 2.70. The lowest BCUT2D eigenvalue weighted by Crippen LogP contribution is -2.37. The molecule has 1 fully saturated rings. The van der Waals surface area contributed by atoms with Gasteiger partial charge in [-0.2, -0.15) is 0 Å². The van der Waals surface area contributed by atoms with Gasteiger partial charge in [-0.3, -0.25) is 4.79 Å². The van der Waals surface area contributed by atoms with E-state index < -0.39 is 28.6 Å². The summed E-state index contributed by atoms with van der Waals surface area (Å²) in [6.07, 6.45) is 1.04. The minimum atomic E-state index is -1.49. The van der Waals surface area contributed by atoms with Gasteiger partial charge in [0.2, 0.25) is 5.43 Å². The van der Waals surface area contributed by atoms with Gasteiger partial charge >= 0.3 is 5.97 Å². The number of carboxylic acid groups (broad SMARTS) is 1. The summed E-state index contributed by atoms with van der Waals surface area (Å²) in [6, 6.07) is 7.13. The van der Waals surface area contributed by atoms with Crippen LogP contribution in [-0.4, -0.2) is 41.9 Å². The lowest BCUT2D eigenvalue weighted by Gasteiger charge is -2.30. The molecule has 150 valence electrons. The molecule has 7 nitrogen and oxygen atoms in total. The second-order valence-corrected chi connectivity index (χ2v) is 6.66. The Morgan fingerprint density at radius 3 is 2.41 bits per heavy atom. The second-order valence-electron chi connectivity index (χ2n) is 6.66. The van der Waals surface area contributed by atoms with Gasteiger partial charge in [-0.1, -0.05) is 0 Å². The number of nitrogen functional groups attached to an aromatic ring is 1. The normalized spacial score (nSPS) is 14.3. The van der Waals surface area contributed by atoms with Crippen molar-refractivity contribution >= 4 is 28.2 Å². The van der Waals surface area contributed by atoms with E-state index in [1.54, 1.807) is 24.3 Å². The molecule has 1 aliphatic rings. The molecule has 2 aromatic carbocycles. The van der Waals surface area contributed by atoms with Crippen molar-refractivity contribution in [3.8, 4) is 5.69 Å². The van der Waals surface area contributed by atoms with Crippen LogP contribution in [0, 0.1) is 11.6 Å². The Bertz CT molecular complexity index is 1170. The number of carboxylic acids is 1. The molecule has 3 N–H and O–H groups in total. The number of aromatic carboxylic acids is 1. The highest BCUT2D eigenvalue weighted by Crippen LogP contribution is 2.32. The van der Waals surface area contributed by atoms with Gasteiger partial charge in [0, 0.05) is 30.7 Å². The third kappa shape index (κ3) is 3.19. The van der Waals surface area contributed by atoms with Crippen molar-refractivity contribution in [1.82, 2.24) is 4.57 Å². The largest absolute Gasteiger partial charge is 0.477 e. The fourth-order valence-electron chi connectivity index (χ4n) is 3.47. The summed E-state index contributed by atoms with van der Waals surface area (Å²) >= 11 is 0. The van der Waals surface area contributed by atoms with Crippen molar-refractivity contribution in [3.05, 3.63) is 63.9 Å². The Hall–Kier alpha value is -3.46. The average molecular weight is 401 g/mol. The quantitative estimate of drug-likeness (QED) is 0.654. The van der Waals surface area contributed by atoms with E-state index in [2.05, 4.69) is 0 Å². The first-order chi connectivity index (χ1) is 13.9. The predicted molar refractivity (Wildman–Crippen MR) is 104 cm³/mol. The number of pyridine rings is 1. The number of hydrogen-bond donors (Lipinski definition) is 2. The van der Waals surface area contributed by atoms with Crippen molar-refractivity contribution in [3.63, 3.8) is 0 Å². The van der Waals surface area contributed by atoms with E-state index in [9.17, 15) is 19.1 Å². The molecule has 0 aliphatic carbocycles. The Morgan fingerprint density at radius 2 is 1.79 bits per heavy atom. The number of morpholine rings is 1. The molecule has 0 atom stereocenters. The van der Waals surface area contributed by atoms with E-state index in [1.165, 1.54) is 9.47 Å². The van der Waals surface area contributed by atoms with Crippen molar-refractivity contribution in [2.45, 2.75) is 0 Å². The van der Waals surface area contributed by atoms with Crippen LogP contribution in [0.25, 0.3) is 16.6 Å². The lowest BCUT2D eigenvalue weighted by atomic mass is 10.1. The summed E-state index contributed by atoms with van der Waals surface area (Å²) in [5.74, 6) is -3.35. The molecular formula is C20H17F2N3O4. The Kier molecular flexibility index (Phi) is 4.67. The standard InChI is InChI=1S/C20H17F2N3O4/c21-15-9-13-17(16(22)18(15)24-5-7-29-8-6-24)25(10-14(19(13)26)20(27)28)12-3-1-11(23)2-4-12/h1-4,9-10H,5-8,23H2,(H,27,28). The van der Waals surface area contributed by atoms with Crippen LogP contribution in [0.5, 0.6) is 0 Å². The zero-order valence-electron chi connectivity index (χ0n) is 15.2. The molecular weight excluding hydrogens is 384 g/mol. The number of nitrogens with two attached hydrogens (primary N) is 1. The number of hydrogen-bond acceptors (Lipinski definition) is 5. The number of halogens is 2. The van der Waals surface area contributed by atoms with Gasteiger partial charge in [0.15, 0.2) is 5.82 Å². The van der Waals surface area contributed by atoms with E-state index in [4.69, 9.17) is 10.5 Å². The minimum Gasteiger partial charge on any atom is -0.477 e. The third-order valence-electron chi connectivity index (χ3n) is 4.89. The molecule has 1 saturated heterocycles. The number of anilines is 2. The number of benzene rings is 2. The zero-order chi connectivity index (χ0) is 20.7. The first kappa shape index (κ1) is 18.9. The van der Waals surface area contributed by atoms with Crippen LogP contribution in [0.3, 0.4) is 0 Å². The summed E-state index contributed by atoms with van der Waals surface area (Å²) in [5.41, 5.74) is 4.52. The molecule has 29 heavy (non-hydrogen) atoms. The number of ether oxygens (including phenoxy) is 1. The van der Waals surface area contributed by atoms with Gasteiger partial charge in [-0.25, -0.2) is 13.6 Å². The van der Waals surface area contributed by atoms with Gasteiger partial charge in [0.25, 0.3) is 0 Å². The van der Waals surface area contributed by atoms with E-state index in [0.717, 1.165) is 12.3 Å². The van der Waals surface area contributed by atoms with Crippen LogP contribution in [0.1, 0.15) is 10.4 Å². The summed E-state index contributed by atoms with van der Waals surface area (Å²) in [4.78, 5) is 25.7. The Labute approximate surface area is 163 Å². The van der Waals surface area contributed by atoms with Gasteiger partial charge in [-0.05, 0) is 30.3 Å². The molecule has 1 aromatic heterocycles. The van der Waals surface area contributed by atoms with E-state index in [-0.39, 0.29) is 16.6 Å². The van der Waals surface area contributed by atoms with Crippen molar-refractivity contribution < 1.29 is 23.4 Å². The fourth-order valence-corrected chi connectivity index (χ4v) is 3.47. The summed E-state index contributed by atoms with van der Waals surface area (Å²) < 4.78 is 36.9. The maximum absolute atomic E-state index is 15.6. The minimum absolute atomic E-state index is 0.201. The van der Waals surface area contributed by atoms with Crippen molar-refractivity contribution in [2.75, 3.05) is 36.9 Å². The molecule has 3 aromatic rings. The van der Waals surface area contributed by atoms with Crippen LogP contribution in [0.2, 0.25) is 0 Å². The van der Waals surface area contributed by atoms with E-state index in [1.807, 2.05) is 0 Å². The van der Waals surface area contributed by atoms with Gasteiger partial charge in [0.05, 0.1) is 24.1 Å². The maximum atomic E-state index is 15.6. The number of carbonyl (C=O) groups is 1. The smallest absolute Gasteiger partial charge is 0.341 e. The molecule has 4 rings (SSSR count). The van der Waals surface area contributed by atoms with E-state index in [0.29, 0.717) is 37.7 Å². The molecule has 0 amide bonds. The predicted octanol–water partition coefficient (Wildman–Crippen LogP) is 2.39. The highest BCUT2D eigenvalue weighted by molar-refractivity contribution is 5.94. The molecule has 0 unspecified atom stereocenters. The molecule has 1 aliphatic heterocycles. The fraction of sp³-hybridized carbons (Fsp3) is 0.200. The Balaban J connectivity index is 2.08. The summed E-state index contributed by atoms with van der Waals surface area (Å²) in [7, 11) is 0. The topological polar surface area (TPSA) is 97.8 Å². The van der Waals surface area contributed by atoms with Crippen LogP contribution in [0.15, 0.2) is 41.3 Å². The monoisotopic (exact) mass is 401 g/mol. The van der Waals surface area contributed by atoms with Crippen LogP contribution in [0.4, 0.5) is 20.2 Å². The first-order valence-corrected chi connectivity index (χ1v) is 8.87. The van der Waals surface area contributed by atoms with Crippen LogP contribution >= 0.6 is 0 Å². The van der Waals surface area contributed by atoms with Crippen molar-refractivity contribution in [1.29, 1.82) is 0 Å². The number of nitrogens with zero attached hydrogens (tertiary/aromatic N) is 2. The summed E-state index contributed by atoms with van der Waals surface area (Å²) in [5, 5.41) is 9.04. The summed E-state index contributed by atoms with van der Waals surface area (Å²) in [6.45, 7) is 1.22. The number of fused-ring (bicyclic) bond motifs is 1. The van der Waals surface area contributed by atoms with Gasteiger partial charge in [0.1, 0.15) is 17.1 Å². The third-order valence-corrected chi connectivity index (χ3v) is 4.89. The molecule has 0 spiro atoms. The lowest BCUT2D eigenvalue weighted by molar-refractivity contribution is 0.0695. The molecule has 0 saturated carbocycles. The highest BCUT2D eigenvalue weighted by Gasteiger charge is 2.26. The van der Waals surface area contributed by atoms with Crippen LogP contribution in [-0.2, 0) is 4.74 Å². The number of aromatic nitrogens is 1. The molecule has 2 heterocycles. The maximum Gasteiger partial charge on any atom is 0.341 e. The second kappa shape index (κ2) is 7.17. The Morgan fingerprint density at radius 1 is 1.14 bits per heavy atom. The van der Waals surface area contributed by atoms with Crippen LogP contribution < -0.4 is 16.1 Å². The van der Waals surface area contributed by atoms with Crippen molar-refractivity contribution in [2.24, 2.45) is 0 Å². The SMILES string of the molecule is Nc1ccc(-n2cc(C(=O)O)c(=O)c3cc(F)c(N4CCOCC4)c(F)c32)cc1. The van der Waals surface area contributed by atoms with Gasteiger partial charge in [-0.15, -0.1) is 0 Å². The first-order valence-electron chi connectivity index (χ1n) is 8.87. The molecule has 0 bridgehead atoms. The highest BCUT2D eigenvalue weighted by atomic mass is 19.1. The molecule has 9 heteroatoms. The number of rotatable bonds is 3. The zero-order valence-corrected chi connectivity index (χ0v) is 15.2. The van der Waals surface area contributed by atoms with Gasteiger partial charge < -0.3 is 25.0 Å². The molecule has 0 radical (unpaired) electrons. The van der Waals surface area contributed by atoms with E-state index >= 15 is 4.39 Å².